The number of urea groups is 1. The number of thiol groups is 1. The summed E-state index contributed by atoms with van der Waals surface area (Å²) < 4.78 is 15.7. The van der Waals surface area contributed by atoms with Gasteiger partial charge in [-0.2, -0.15) is 9.97 Å². The molecule has 0 aliphatic heterocycles. The summed E-state index contributed by atoms with van der Waals surface area (Å²) in [6.07, 6.45) is 0. The molecule has 0 aromatic carbocycles. The van der Waals surface area contributed by atoms with Crippen LogP contribution in [0.2, 0.25) is 0 Å². The van der Waals surface area contributed by atoms with Crippen LogP contribution in [0, 0.1) is 0 Å². The van der Waals surface area contributed by atoms with Crippen molar-refractivity contribution in [2.75, 3.05) is 25.6 Å². The number of nitrogens with two attached hydrogens (primary N) is 1. The van der Waals surface area contributed by atoms with Crippen LogP contribution in [-0.2, 0) is 0 Å². The Labute approximate surface area is 103 Å². The number of hydrogen-bond acceptors (Lipinski definition) is 7. The molecular formula is C8H12N4O4S. The number of primary amides is 1. The first-order chi connectivity index (χ1) is 8.04. The highest BCUT2D eigenvalue weighted by atomic mass is 32.1. The fourth-order valence-electron chi connectivity index (χ4n) is 1.06. The van der Waals surface area contributed by atoms with Crippen molar-refractivity contribution >= 4 is 24.5 Å². The van der Waals surface area contributed by atoms with E-state index in [4.69, 9.17) is 19.9 Å². The van der Waals surface area contributed by atoms with E-state index in [9.17, 15) is 4.79 Å². The maximum atomic E-state index is 11.1. The summed E-state index contributed by atoms with van der Waals surface area (Å²) in [5.41, 5.74) is 5.20. The molecule has 1 aromatic rings. The summed E-state index contributed by atoms with van der Waals surface area (Å²) in [5.74, 6) is 0.116. The van der Waals surface area contributed by atoms with Gasteiger partial charge in [0.1, 0.15) is 0 Å². The van der Waals surface area contributed by atoms with Crippen molar-refractivity contribution in [3.63, 3.8) is 0 Å². The van der Waals surface area contributed by atoms with Crippen molar-refractivity contribution < 1.29 is 19.0 Å². The van der Waals surface area contributed by atoms with Crippen LogP contribution < -0.4 is 24.2 Å². The number of amides is 2. The van der Waals surface area contributed by atoms with Gasteiger partial charge in [0.2, 0.25) is 11.8 Å². The normalized spacial score (nSPS) is 9.65. The summed E-state index contributed by atoms with van der Waals surface area (Å²) in [5, 5.41) is 0. The molecule has 0 atom stereocenters. The van der Waals surface area contributed by atoms with E-state index >= 15 is 0 Å². The SMILES string of the molecule is COc1nc(OC)c(N(S)C(N)=O)c(OC)n1. The number of nitrogens with zero attached hydrogens (tertiary/aromatic N) is 3. The molecule has 8 nitrogen and oxygen atoms in total. The number of methoxy groups -OCH3 is 3. The minimum atomic E-state index is -0.821. The van der Waals surface area contributed by atoms with E-state index in [2.05, 4.69) is 22.8 Å². The number of aromatic nitrogens is 2. The highest BCUT2D eigenvalue weighted by molar-refractivity contribution is 7.82. The molecule has 94 valence electrons. The first-order valence-electron chi connectivity index (χ1n) is 4.37. The zero-order valence-electron chi connectivity index (χ0n) is 9.50. The highest BCUT2D eigenvalue weighted by Gasteiger charge is 2.23. The number of hydrogen-bond donors (Lipinski definition) is 2. The van der Waals surface area contributed by atoms with Crippen LogP contribution in [0.1, 0.15) is 0 Å². The molecule has 17 heavy (non-hydrogen) atoms. The second-order valence-electron chi connectivity index (χ2n) is 2.73. The summed E-state index contributed by atoms with van der Waals surface area (Å²) in [6, 6.07) is -0.785. The fraction of sp³-hybridized carbons (Fsp3) is 0.375. The number of anilines is 1. The Bertz CT molecular complexity index is 403. The lowest BCUT2D eigenvalue weighted by Crippen LogP contribution is -2.28. The molecule has 0 fully saturated rings. The molecule has 2 amide bonds. The monoisotopic (exact) mass is 260 g/mol. The van der Waals surface area contributed by atoms with Gasteiger partial charge in [-0.25, -0.2) is 9.10 Å². The first-order valence-corrected chi connectivity index (χ1v) is 4.77. The van der Waals surface area contributed by atoms with E-state index in [-0.39, 0.29) is 23.5 Å². The van der Waals surface area contributed by atoms with Gasteiger partial charge in [-0.15, -0.1) is 0 Å². The summed E-state index contributed by atoms with van der Waals surface area (Å²) in [4.78, 5) is 18.8. The van der Waals surface area contributed by atoms with Gasteiger partial charge in [0.05, 0.1) is 21.3 Å². The lowest BCUT2D eigenvalue weighted by Gasteiger charge is -2.17. The molecule has 0 spiro atoms. The molecule has 1 heterocycles. The Morgan fingerprint density at radius 3 is 1.94 bits per heavy atom. The van der Waals surface area contributed by atoms with E-state index in [0.717, 1.165) is 4.31 Å². The Morgan fingerprint density at radius 2 is 1.65 bits per heavy atom. The van der Waals surface area contributed by atoms with Crippen molar-refractivity contribution in [1.29, 1.82) is 0 Å². The van der Waals surface area contributed by atoms with Crippen LogP contribution in [0.15, 0.2) is 0 Å². The van der Waals surface area contributed by atoms with Crippen LogP contribution in [0.25, 0.3) is 0 Å². The Balaban J connectivity index is 3.39. The Hall–Kier alpha value is -1.90. The van der Waals surface area contributed by atoms with Crippen LogP contribution in [0.3, 0.4) is 0 Å². The second kappa shape index (κ2) is 5.43. The fourth-order valence-corrected chi connectivity index (χ4v) is 1.23. The van der Waals surface area contributed by atoms with Crippen molar-refractivity contribution in [2.45, 2.75) is 0 Å². The molecule has 2 N–H and O–H groups in total. The largest absolute Gasteiger partial charge is 0.479 e. The Morgan fingerprint density at radius 1 is 1.18 bits per heavy atom. The van der Waals surface area contributed by atoms with E-state index in [1.807, 2.05) is 0 Å². The molecule has 0 saturated carbocycles. The van der Waals surface area contributed by atoms with Crippen molar-refractivity contribution in [2.24, 2.45) is 5.73 Å². The van der Waals surface area contributed by atoms with Crippen molar-refractivity contribution in [3.8, 4) is 17.8 Å². The molecule has 0 aliphatic rings. The molecule has 0 bridgehead atoms. The topological polar surface area (TPSA) is 99.8 Å². The average molecular weight is 260 g/mol. The standard InChI is InChI=1S/C8H12N4O4S/c1-14-5-4(12(17)7(9)13)6(15-2)11-8(10-5)16-3/h17H,1-3H3,(H2,9,13). The van der Waals surface area contributed by atoms with Crippen molar-refractivity contribution in [3.05, 3.63) is 0 Å². The Kier molecular flexibility index (Phi) is 4.21. The molecule has 0 aliphatic carbocycles. The van der Waals surface area contributed by atoms with Crippen LogP contribution in [-0.4, -0.2) is 37.3 Å². The summed E-state index contributed by atoms with van der Waals surface area (Å²) in [6.45, 7) is 0. The quantitative estimate of drug-likeness (QED) is 0.752. The third kappa shape index (κ3) is 2.61. The first kappa shape index (κ1) is 13.2. The number of carbonyl (C=O) groups excluding carboxylic acids is 1. The maximum absolute atomic E-state index is 11.1. The van der Waals surface area contributed by atoms with E-state index in [1.165, 1.54) is 21.3 Å². The minimum absolute atomic E-state index is 0.0358. The molecule has 0 radical (unpaired) electrons. The van der Waals surface area contributed by atoms with Gasteiger partial charge < -0.3 is 19.9 Å². The van der Waals surface area contributed by atoms with Crippen LogP contribution in [0.5, 0.6) is 17.8 Å². The molecule has 9 heteroatoms. The smallest absolute Gasteiger partial charge is 0.329 e. The predicted molar refractivity (Wildman–Crippen MR) is 62.7 cm³/mol. The second-order valence-corrected chi connectivity index (χ2v) is 3.13. The van der Waals surface area contributed by atoms with E-state index in [0.29, 0.717) is 0 Å². The molecular weight excluding hydrogens is 248 g/mol. The van der Waals surface area contributed by atoms with Gasteiger partial charge in [-0.1, -0.05) is 12.8 Å². The molecule has 1 aromatic heterocycles. The van der Waals surface area contributed by atoms with Crippen molar-refractivity contribution in [1.82, 2.24) is 9.97 Å². The van der Waals surface area contributed by atoms with Gasteiger partial charge in [-0.3, -0.25) is 0 Å². The van der Waals surface area contributed by atoms with Crippen LogP contribution >= 0.6 is 12.8 Å². The predicted octanol–water partition coefficient (Wildman–Crippen LogP) is 0.232. The number of ether oxygens (including phenoxy) is 3. The van der Waals surface area contributed by atoms with E-state index < -0.39 is 6.03 Å². The zero-order chi connectivity index (χ0) is 13.0. The third-order valence-electron chi connectivity index (χ3n) is 1.79. The lowest BCUT2D eigenvalue weighted by atomic mass is 10.4. The van der Waals surface area contributed by atoms with Gasteiger partial charge in [0.15, 0.2) is 5.69 Å². The minimum Gasteiger partial charge on any atom is -0.479 e. The lowest BCUT2D eigenvalue weighted by molar-refractivity contribution is 0.256. The van der Waals surface area contributed by atoms with Gasteiger partial charge >= 0.3 is 12.0 Å². The maximum Gasteiger partial charge on any atom is 0.329 e. The van der Waals surface area contributed by atoms with E-state index in [1.54, 1.807) is 0 Å². The third-order valence-corrected chi connectivity index (χ3v) is 2.19. The molecule has 0 saturated heterocycles. The average Bonchev–Trinajstić information content (AvgIpc) is 2.35. The van der Waals surface area contributed by atoms with Gasteiger partial charge in [-0.05, 0) is 0 Å². The van der Waals surface area contributed by atoms with Gasteiger partial charge in [0.25, 0.3) is 0 Å². The van der Waals surface area contributed by atoms with Crippen LogP contribution in [0.4, 0.5) is 10.5 Å². The zero-order valence-corrected chi connectivity index (χ0v) is 10.4. The summed E-state index contributed by atoms with van der Waals surface area (Å²) in [7, 11) is 4.13. The van der Waals surface area contributed by atoms with Gasteiger partial charge in [0, 0.05) is 0 Å². The highest BCUT2D eigenvalue weighted by Crippen LogP contribution is 2.37. The molecule has 0 unspecified atom stereocenters. The number of rotatable bonds is 4. The summed E-state index contributed by atoms with van der Waals surface area (Å²) >= 11 is 3.90. The number of carbonyl (C=O) groups is 1. The molecule has 1 rings (SSSR count).